The molecule has 6 nitrogen and oxygen atoms in total. The third-order valence-electron chi connectivity index (χ3n) is 13.2. The van der Waals surface area contributed by atoms with Gasteiger partial charge < -0.3 is 28.7 Å². The second-order valence-electron chi connectivity index (χ2n) is 19.5. The van der Waals surface area contributed by atoms with Crippen LogP contribution in [-0.4, -0.2) is 33.1 Å². The van der Waals surface area contributed by atoms with E-state index in [0.29, 0.717) is 26.4 Å². The quantitative estimate of drug-likeness (QED) is 0.162. The molecule has 7 aromatic rings. The Morgan fingerprint density at radius 1 is 0.525 bits per heavy atom. The van der Waals surface area contributed by atoms with Gasteiger partial charge in [0, 0.05) is 65.1 Å². The van der Waals surface area contributed by atoms with E-state index in [1.807, 2.05) is 22.7 Å². The fourth-order valence-electron chi connectivity index (χ4n) is 10.2. The van der Waals surface area contributed by atoms with Crippen LogP contribution in [0.5, 0.6) is 23.0 Å². The van der Waals surface area contributed by atoms with Crippen LogP contribution < -0.4 is 43.8 Å². The van der Waals surface area contributed by atoms with Gasteiger partial charge in [-0.3, -0.25) is 0 Å². The first-order valence-corrected chi connectivity index (χ1v) is 23.5. The molecule has 0 saturated heterocycles. The number of benzene rings is 5. The Balaban J connectivity index is 1.27. The van der Waals surface area contributed by atoms with Crippen molar-refractivity contribution in [3.63, 3.8) is 0 Å². The zero-order valence-corrected chi connectivity index (χ0v) is 38.6. The molecule has 0 radical (unpaired) electrons. The molecule has 11 rings (SSSR count). The van der Waals surface area contributed by atoms with Crippen molar-refractivity contribution in [1.29, 1.82) is 0 Å². The van der Waals surface area contributed by atoms with E-state index in [2.05, 4.69) is 146 Å². The Morgan fingerprint density at radius 3 is 1.38 bits per heavy atom. The Labute approximate surface area is 368 Å². The fraction of sp³-hybridized carbons (Fsp3) is 0.346. The molecule has 6 heterocycles. The minimum absolute atomic E-state index is 0.0121. The molecule has 2 aromatic heterocycles. The third-order valence-corrected chi connectivity index (χ3v) is 15.7. The smallest absolute Gasteiger partial charge is 0.277 e. The molecule has 0 spiro atoms. The maximum absolute atomic E-state index is 6.54. The molecule has 0 fully saturated rings. The van der Waals surface area contributed by atoms with Crippen LogP contribution in [0.1, 0.15) is 87.8 Å². The van der Waals surface area contributed by atoms with Crippen molar-refractivity contribution in [1.82, 2.24) is 0 Å². The molecule has 310 valence electrons. The van der Waals surface area contributed by atoms with Gasteiger partial charge in [0.2, 0.25) is 0 Å². The highest BCUT2D eigenvalue weighted by Gasteiger charge is 2.48. The number of nitrogens with zero attached hydrogens (tertiary/aromatic N) is 2. The van der Waals surface area contributed by atoms with E-state index in [0.717, 1.165) is 69.5 Å². The molecule has 0 saturated carbocycles. The molecular formula is C52H53BN2O4S2. The van der Waals surface area contributed by atoms with Gasteiger partial charge in [0.25, 0.3) is 6.71 Å². The first kappa shape index (κ1) is 38.8. The molecule has 9 heteroatoms. The Kier molecular flexibility index (Phi) is 8.70. The lowest BCUT2D eigenvalue weighted by Crippen LogP contribution is -2.59. The van der Waals surface area contributed by atoms with Crippen LogP contribution in [0.3, 0.4) is 0 Å². The van der Waals surface area contributed by atoms with Crippen molar-refractivity contribution in [3.8, 4) is 23.0 Å². The van der Waals surface area contributed by atoms with E-state index in [-0.39, 0.29) is 17.5 Å². The van der Waals surface area contributed by atoms with Crippen molar-refractivity contribution in [3.05, 3.63) is 100 Å². The van der Waals surface area contributed by atoms with E-state index in [9.17, 15) is 0 Å². The first-order valence-electron chi connectivity index (χ1n) is 21.9. The number of anilines is 6. The second kappa shape index (κ2) is 13.7. The average molecular weight is 845 g/mol. The molecular weight excluding hydrogens is 792 g/mol. The number of rotatable bonds is 2. The standard InChI is InChI=1S/C52H53BN2O4S2/c1-28-24-38-47(58-22-12-20-56-38)30(3)43(28)54-36-14-11-15-37-42(36)53(49-45(54)34-26-32(51(5,6)7)16-18-40(34)60-49)50-46(35-27-33(52(8,9)10)17-19-41(35)61-50)55(37)44-29(2)25-39-48(31(44)4)59-23-13-21-57-39/h11,14-19,24-27H,12-13,20-23H2,1-10H3. The highest BCUT2D eigenvalue weighted by Crippen LogP contribution is 2.55. The molecule has 0 N–H and O–H groups in total. The molecule has 0 bridgehead atoms. The lowest BCUT2D eigenvalue weighted by Gasteiger charge is -2.43. The normalized spacial score (nSPS) is 15.7. The van der Waals surface area contributed by atoms with E-state index >= 15 is 0 Å². The Bertz CT molecular complexity index is 2790. The molecule has 5 aromatic carbocycles. The van der Waals surface area contributed by atoms with E-state index in [1.165, 1.54) is 69.1 Å². The summed E-state index contributed by atoms with van der Waals surface area (Å²) in [4.78, 5) is 5.19. The van der Waals surface area contributed by atoms with Crippen molar-refractivity contribution >= 4 is 98.7 Å². The zero-order valence-electron chi connectivity index (χ0n) is 37.0. The Hall–Kier alpha value is -5.12. The molecule has 4 aliphatic rings. The number of aryl methyl sites for hydroxylation is 2. The van der Waals surface area contributed by atoms with Crippen LogP contribution in [-0.2, 0) is 10.8 Å². The van der Waals surface area contributed by atoms with E-state index in [1.54, 1.807) is 0 Å². The number of thiophene rings is 2. The summed E-state index contributed by atoms with van der Waals surface area (Å²) in [6, 6.07) is 25.8. The lowest BCUT2D eigenvalue weighted by molar-refractivity contribution is 0.296. The number of hydrogen-bond acceptors (Lipinski definition) is 8. The average Bonchev–Trinajstić information content (AvgIpc) is 3.55. The van der Waals surface area contributed by atoms with Gasteiger partial charge in [-0.25, -0.2) is 0 Å². The third kappa shape index (κ3) is 5.79. The minimum Gasteiger partial charge on any atom is -0.490 e. The van der Waals surface area contributed by atoms with Crippen molar-refractivity contribution in [2.24, 2.45) is 0 Å². The highest BCUT2D eigenvalue weighted by atomic mass is 32.1. The van der Waals surface area contributed by atoms with Crippen molar-refractivity contribution in [2.75, 3.05) is 36.2 Å². The van der Waals surface area contributed by atoms with Gasteiger partial charge in [-0.05, 0) is 115 Å². The lowest BCUT2D eigenvalue weighted by atomic mass is 9.39. The van der Waals surface area contributed by atoms with E-state index in [4.69, 9.17) is 18.9 Å². The van der Waals surface area contributed by atoms with Crippen LogP contribution in [0, 0.1) is 27.7 Å². The predicted molar refractivity (Wildman–Crippen MR) is 259 cm³/mol. The van der Waals surface area contributed by atoms with Gasteiger partial charge in [0.15, 0.2) is 23.0 Å². The van der Waals surface area contributed by atoms with Gasteiger partial charge in [-0.15, -0.1) is 22.7 Å². The van der Waals surface area contributed by atoms with Gasteiger partial charge in [-0.1, -0.05) is 59.7 Å². The SMILES string of the molecule is Cc1cc2c(c(C)c1N1c3cccc4c3B(c3sc5ccc(C(C)(C)C)cc5c31)c1sc3ccc(C(C)(C)C)cc3c1N4c1c(C)cc3c(c1C)OCCCO3)OCCCO2. The number of hydrogen-bond donors (Lipinski definition) is 0. The number of fused-ring (bicyclic) bond motifs is 10. The van der Waals surface area contributed by atoms with Crippen molar-refractivity contribution in [2.45, 2.75) is 92.9 Å². The van der Waals surface area contributed by atoms with Gasteiger partial charge >= 0.3 is 0 Å². The van der Waals surface area contributed by atoms with Crippen LogP contribution in [0.15, 0.2) is 66.7 Å². The number of ether oxygens (including phenoxy) is 4. The molecule has 0 unspecified atom stereocenters. The first-order chi connectivity index (χ1) is 29.2. The van der Waals surface area contributed by atoms with Crippen LogP contribution >= 0.6 is 22.7 Å². The molecule has 0 amide bonds. The molecule has 61 heavy (non-hydrogen) atoms. The van der Waals surface area contributed by atoms with Crippen molar-refractivity contribution < 1.29 is 18.9 Å². The van der Waals surface area contributed by atoms with Crippen LogP contribution in [0.25, 0.3) is 20.2 Å². The van der Waals surface area contributed by atoms with Gasteiger partial charge in [0.05, 0.1) is 49.2 Å². The topological polar surface area (TPSA) is 43.4 Å². The van der Waals surface area contributed by atoms with E-state index < -0.39 is 0 Å². The summed E-state index contributed by atoms with van der Waals surface area (Å²) in [5, 5.41) is 2.59. The summed E-state index contributed by atoms with van der Waals surface area (Å²) in [5.74, 6) is 3.37. The minimum atomic E-state index is -0.0121. The predicted octanol–water partition coefficient (Wildman–Crippen LogP) is 12.3. The Morgan fingerprint density at radius 2 is 0.951 bits per heavy atom. The molecule has 0 aliphatic carbocycles. The maximum Gasteiger partial charge on any atom is 0.277 e. The highest BCUT2D eigenvalue weighted by molar-refractivity contribution is 7.40. The van der Waals surface area contributed by atoms with Crippen LogP contribution in [0.2, 0.25) is 0 Å². The monoisotopic (exact) mass is 844 g/mol. The maximum atomic E-state index is 6.54. The summed E-state index contributed by atoms with van der Waals surface area (Å²) in [5.41, 5.74) is 15.8. The van der Waals surface area contributed by atoms with Gasteiger partial charge in [-0.2, -0.15) is 0 Å². The summed E-state index contributed by atoms with van der Waals surface area (Å²) < 4.78 is 31.1. The fourth-order valence-corrected chi connectivity index (χ4v) is 12.9. The molecule has 4 aliphatic heterocycles. The summed E-state index contributed by atoms with van der Waals surface area (Å²) in [6.07, 6.45) is 1.72. The van der Waals surface area contributed by atoms with Gasteiger partial charge in [0.1, 0.15) is 0 Å². The summed E-state index contributed by atoms with van der Waals surface area (Å²) >= 11 is 3.92. The largest absolute Gasteiger partial charge is 0.490 e. The van der Waals surface area contributed by atoms with Crippen LogP contribution in [0.4, 0.5) is 34.1 Å². The second-order valence-corrected chi connectivity index (χ2v) is 21.6. The summed E-state index contributed by atoms with van der Waals surface area (Å²) in [6.45, 7) is 25.4. The molecule has 0 atom stereocenters. The zero-order chi connectivity index (χ0) is 42.3. The summed E-state index contributed by atoms with van der Waals surface area (Å²) in [7, 11) is 0.